The zero-order valence-corrected chi connectivity index (χ0v) is 12.6. The first-order valence-corrected chi connectivity index (χ1v) is 6.45. The van der Waals surface area contributed by atoms with E-state index in [4.69, 9.17) is 0 Å². The second-order valence-electron chi connectivity index (χ2n) is 4.34. The monoisotopic (exact) mass is 467 g/mol. The minimum absolute atomic E-state index is 0. The summed E-state index contributed by atoms with van der Waals surface area (Å²) < 4.78 is 216. The van der Waals surface area contributed by atoms with E-state index in [0.29, 0.717) is 0 Å². The van der Waals surface area contributed by atoms with E-state index in [0.717, 1.165) is 0 Å². The van der Waals surface area contributed by atoms with Crippen molar-refractivity contribution < 1.29 is 78.8 Å². The molecule has 20 heteroatoms. The molecule has 4 nitrogen and oxygen atoms in total. The third-order valence-electron chi connectivity index (χ3n) is 2.61. The summed E-state index contributed by atoms with van der Waals surface area (Å²) in [6.07, 6.45) is -7.77. The fourth-order valence-electron chi connectivity index (χ4n) is 1.11. The van der Waals surface area contributed by atoms with Gasteiger partial charge in [0.1, 0.15) is 0 Å². The molecule has 0 spiro atoms. The first-order chi connectivity index (χ1) is 10.8. The van der Waals surface area contributed by atoms with Crippen LogP contribution in [0.2, 0.25) is 0 Å². The first kappa shape index (κ1) is 28.0. The zero-order valence-electron chi connectivity index (χ0n) is 11.8. The standard InChI is InChI=1S/C7HF15O3S.H3N/c8-1(9,2(10,11)4(14,15)6(18,19)20)3(12,13)5(16,17)7(21,22)26(23,24)25;/h(H,23,24,25);1H3. The molecule has 4 N–H and O–H groups in total. The van der Waals surface area contributed by atoms with Crippen LogP contribution in [0.5, 0.6) is 0 Å². The van der Waals surface area contributed by atoms with E-state index in [9.17, 15) is 78.8 Å². The highest BCUT2D eigenvalue weighted by atomic mass is 32.2. The second-order valence-corrected chi connectivity index (χ2v) is 5.76. The lowest BCUT2D eigenvalue weighted by Crippen LogP contribution is -2.73. The number of hydrogen-bond acceptors (Lipinski definition) is 3. The molecule has 0 bridgehead atoms. The second kappa shape index (κ2) is 6.42. The third kappa shape index (κ3) is 3.38. The Morgan fingerprint density at radius 1 is 0.481 bits per heavy atom. The summed E-state index contributed by atoms with van der Waals surface area (Å²) in [7, 11) is -8.01. The van der Waals surface area contributed by atoms with E-state index in [1.54, 1.807) is 0 Å². The normalized spacial score (nSPS) is 16.1. The smallest absolute Gasteiger partial charge is 0.460 e. The average molecular weight is 467 g/mol. The van der Waals surface area contributed by atoms with Gasteiger partial charge in [-0.1, -0.05) is 0 Å². The SMILES string of the molecule is O=S(=O)([O-])C(F)(F)C(F)(F)C(F)(F)C(F)(F)C(F)(F)C(F)(F)C(F)(F)F.[NH4+]. The Balaban J connectivity index is 0. The van der Waals surface area contributed by atoms with Crippen LogP contribution in [0.1, 0.15) is 0 Å². The highest BCUT2D eigenvalue weighted by Crippen LogP contribution is 2.62. The maximum Gasteiger partial charge on any atom is 0.460 e. The molecule has 0 aliphatic rings. The van der Waals surface area contributed by atoms with Crippen LogP contribution in [0.3, 0.4) is 0 Å². The zero-order chi connectivity index (χ0) is 22.0. The highest BCUT2D eigenvalue weighted by molar-refractivity contribution is 7.86. The van der Waals surface area contributed by atoms with Crippen LogP contribution >= 0.6 is 0 Å². The van der Waals surface area contributed by atoms with E-state index in [2.05, 4.69) is 0 Å². The highest BCUT2D eigenvalue weighted by Gasteiger charge is 2.94. The lowest BCUT2D eigenvalue weighted by Gasteiger charge is -2.41. The molecule has 0 amide bonds. The molecular formula is C7H4F15NO3S. The van der Waals surface area contributed by atoms with Crippen LogP contribution < -0.4 is 6.15 Å². The van der Waals surface area contributed by atoms with Crippen molar-refractivity contribution in [3.63, 3.8) is 0 Å². The van der Waals surface area contributed by atoms with Gasteiger partial charge in [-0.25, -0.2) is 8.42 Å². The van der Waals surface area contributed by atoms with Crippen molar-refractivity contribution in [1.82, 2.24) is 6.15 Å². The van der Waals surface area contributed by atoms with Gasteiger partial charge in [0.05, 0.1) is 0 Å². The van der Waals surface area contributed by atoms with Gasteiger partial charge in [-0.3, -0.25) is 0 Å². The molecule has 0 atom stereocenters. The van der Waals surface area contributed by atoms with E-state index < -0.39 is 51.2 Å². The van der Waals surface area contributed by atoms with Crippen molar-refractivity contribution in [2.75, 3.05) is 0 Å². The molecule has 0 heterocycles. The Hall–Kier alpha value is -1.18. The summed E-state index contributed by atoms with van der Waals surface area (Å²) in [5.41, 5.74) is 0. The Kier molecular flexibility index (Phi) is 6.67. The van der Waals surface area contributed by atoms with E-state index in [1.165, 1.54) is 0 Å². The minimum Gasteiger partial charge on any atom is -0.743 e. The number of alkyl halides is 15. The Labute approximate surface area is 137 Å². The van der Waals surface area contributed by atoms with Gasteiger partial charge in [-0.05, 0) is 0 Å². The molecule has 0 aliphatic carbocycles. The fourth-order valence-corrected chi connectivity index (χ4v) is 1.55. The lowest BCUT2D eigenvalue weighted by molar-refractivity contribution is -0.448. The van der Waals surface area contributed by atoms with E-state index in [1.807, 2.05) is 0 Å². The van der Waals surface area contributed by atoms with Gasteiger partial charge >= 0.3 is 41.0 Å². The molecule has 0 fully saturated rings. The van der Waals surface area contributed by atoms with Crippen LogP contribution in [0.15, 0.2) is 0 Å². The van der Waals surface area contributed by atoms with Crippen molar-refractivity contribution in [2.45, 2.75) is 41.0 Å². The topological polar surface area (TPSA) is 93.7 Å². The van der Waals surface area contributed by atoms with Crippen LogP contribution in [0.25, 0.3) is 0 Å². The van der Waals surface area contributed by atoms with Gasteiger partial charge in [0.15, 0.2) is 10.1 Å². The summed E-state index contributed by atoms with van der Waals surface area (Å²) in [5, 5.41) is -7.81. The molecule has 0 unspecified atom stereocenters. The van der Waals surface area contributed by atoms with Gasteiger partial charge in [-0.2, -0.15) is 65.9 Å². The maximum atomic E-state index is 12.9. The molecule has 27 heavy (non-hydrogen) atoms. The van der Waals surface area contributed by atoms with Gasteiger partial charge in [-0.15, -0.1) is 0 Å². The lowest BCUT2D eigenvalue weighted by atomic mass is 9.94. The quantitative estimate of drug-likeness (QED) is 0.468. The van der Waals surface area contributed by atoms with Crippen LogP contribution in [-0.2, 0) is 10.1 Å². The summed E-state index contributed by atoms with van der Waals surface area (Å²) in [6, 6.07) is 0. The van der Waals surface area contributed by atoms with Crippen LogP contribution in [0.4, 0.5) is 65.9 Å². The average Bonchev–Trinajstić information content (AvgIpc) is 2.34. The van der Waals surface area contributed by atoms with E-state index in [-0.39, 0.29) is 6.15 Å². The Bertz CT molecular complexity index is 651. The van der Waals surface area contributed by atoms with E-state index >= 15 is 0 Å². The summed E-state index contributed by atoms with van der Waals surface area (Å²) in [6.45, 7) is 0. The summed E-state index contributed by atoms with van der Waals surface area (Å²) in [4.78, 5) is 0. The fraction of sp³-hybridized carbons (Fsp3) is 1.00. The molecule has 0 aromatic rings. The van der Waals surface area contributed by atoms with Crippen molar-refractivity contribution in [3.05, 3.63) is 0 Å². The van der Waals surface area contributed by atoms with Crippen LogP contribution in [0, 0.1) is 0 Å². The maximum absolute atomic E-state index is 12.9. The molecular weight excluding hydrogens is 463 g/mol. The van der Waals surface area contributed by atoms with Crippen molar-refractivity contribution in [1.29, 1.82) is 0 Å². The first-order valence-electron chi connectivity index (χ1n) is 5.04. The number of halogens is 15. The minimum atomic E-state index is -8.63. The molecule has 0 radical (unpaired) electrons. The van der Waals surface area contributed by atoms with Gasteiger partial charge in [0.2, 0.25) is 0 Å². The molecule has 0 aromatic carbocycles. The molecule has 0 aliphatic heterocycles. The molecule has 0 saturated heterocycles. The predicted molar refractivity (Wildman–Crippen MR) is 51.4 cm³/mol. The van der Waals surface area contributed by atoms with Crippen molar-refractivity contribution >= 4 is 10.1 Å². The molecule has 0 rings (SSSR count). The molecule has 0 saturated carbocycles. The van der Waals surface area contributed by atoms with Gasteiger partial charge in [0.25, 0.3) is 0 Å². The Morgan fingerprint density at radius 2 is 0.704 bits per heavy atom. The van der Waals surface area contributed by atoms with Crippen molar-refractivity contribution in [3.8, 4) is 0 Å². The van der Waals surface area contributed by atoms with Gasteiger partial charge < -0.3 is 10.7 Å². The largest absolute Gasteiger partial charge is 0.743 e. The summed E-state index contributed by atoms with van der Waals surface area (Å²) >= 11 is 0. The van der Waals surface area contributed by atoms with Crippen LogP contribution in [-0.4, -0.2) is 54.0 Å². The number of quaternary nitrogens is 1. The predicted octanol–water partition coefficient (Wildman–Crippen LogP) is 4.24. The Morgan fingerprint density at radius 3 is 0.926 bits per heavy atom. The molecule has 0 aromatic heterocycles. The number of rotatable bonds is 6. The number of hydrogen-bond donors (Lipinski definition) is 1. The van der Waals surface area contributed by atoms with Crippen molar-refractivity contribution in [2.24, 2.45) is 0 Å². The third-order valence-corrected chi connectivity index (χ3v) is 3.50. The molecule has 166 valence electrons. The van der Waals surface area contributed by atoms with Gasteiger partial charge in [0, 0.05) is 0 Å². The summed E-state index contributed by atoms with van der Waals surface area (Å²) in [5.74, 6) is -42.2.